The number of aryl methyl sites for hydroxylation is 1. The summed E-state index contributed by atoms with van der Waals surface area (Å²) in [6.07, 6.45) is 3.77. The van der Waals surface area contributed by atoms with Crippen LogP contribution in [0.2, 0.25) is 0 Å². The van der Waals surface area contributed by atoms with Gasteiger partial charge in [-0.1, -0.05) is 13.8 Å². The van der Waals surface area contributed by atoms with Gasteiger partial charge in [-0.2, -0.15) is 0 Å². The zero-order chi connectivity index (χ0) is 12.8. The van der Waals surface area contributed by atoms with Gasteiger partial charge in [0.1, 0.15) is 0 Å². The molecule has 0 spiro atoms. The number of nitrogens with zero attached hydrogens (tertiary/aromatic N) is 2. The molecule has 1 aliphatic heterocycles. The van der Waals surface area contributed by atoms with Crippen molar-refractivity contribution in [2.45, 2.75) is 39.7 Å². The van der Waals surface area contributed by atoms with E-state index in [1.54, 1.807) is 11.3 Å². The van der Waals surface area contributed by atoms with Gasteiger partial charge < -0.3 is 5.32 Å². The average molecular weight is 267 g/mol. The summed E-state index contributed by atoms with van der Waals surface area (Å²) in [6, 6.07) is 0. The second kappa shape index (κ2) is 7.22. The van der Waals surface area contributed by atoms with E-state index in [9.17, 15) is 0 Å². The molecule has 2 heterocycles. The minimum atomic E-state index is 0.822. The van der Waals surface area contributed by atoms with Gasteiger partial charge in [0.15, 0.2) is 0 Å². The summed E-state index contributed by atoms with van der Waals surface area (Å²) in [4.78, 5) is 7.24. The molecule has 1 aliphatic rings. The molecule has 3 nitrogen and oxygen atoms in total. The third-order valence-electron chi connectivity index (χ3n) is 3.57. The molecule has 1 N–H and O–H groups in total. The average Bonchev–Trinajstić information content (AvgIpc) is 2.84. The maximum absolute atomic E-state index is 4.67. The monoisotopic (exact) mass is 267 g/mol. The van der Waals surface area contributed by atoms with E-state index in [1.807, 2.05) is 0 Å². The van der Waals surface area contributed by atoms with Gasteiger partial charge in [0.2, 0.25) is 0 Å². The van der Waals surface area contributed by atoms with Crippen LogP contribution in [0.1, 0.15) is 37.4 Å². The van der Waals surface area contributed by atoms with Crippen LogP contribution in [0, 0.1) is 5.92 Å². The Morgan fingerprint density at radius 3 is 3.11 bits per heavy atom. The summed E-state index contributed by atoms with van der Waals surface area (Å²) in [7, 11) is 0. The van der Waals surface area contributed by atoms with Crippen LogP contribution in [0.25, 0.3) is 0 Å². The van der Waals surface area contributed by atoms with Crippen LogP contribution < -0.4 is 5.32 Å². The zero-order valence-electron chi connectivity index (χ0n) is 11.6. The van der Waals surface area contributed by atoms with Crippen LogP contribution in [0.3, 0.4) is 0 Å². The largest absolute Gasteiger partial charge is 0.317 e. The first-order chi connectivity index (χ1) is 8.81. The molecule has 1 aromatic rings. The highest BCUT2D eigenvalue weighted by Crippen LogP contribution is 2.19. The number of nitrogens with one attached hydrogen (secondary N) is 1. The Labute approximate surface area is 115 Å². The van der Waals surface area contributed by atoms with Gasteiger partial charge >= 0.3 is 0 Å². The third-order valence-corrected chi connectivity index (χ3v) is 4.62. The van der Waals surface area contributed by atoms with E-state index in [4.69, 9.17) is 0 Å². The Kier molecular flexibility index (Phi) is 5.60. The summed E-state index contributed by atoms with van der Waals surface area (Å²) < 4.78 is 0. The van der Waals surface area contributed by atoms with E-state index < -0.39 is 0 Å². The summed E-state index contributed by atoms with van der Waals surface area (Å²) in [6.45, 7) is 10.1. The van der Waals surface area contributed by atoms with E-state index in [0.717, 1.165) is 25.4 Å². The van der Waals surface area contributed by atoms with Gasteiger partial charge in [-0.15, -0.1) is 11.3 Å². The molecule has 0 aliphatic carbocycles. The first-order valence-corrected chi connectivity index (χ1v) is 8.06. The van der Waals surface area contributed by atoms with Crippen molar-refractivity contribution in [3.05, 3.63) is 16.1 Å². The lowest BCUT2D eigenvalue weighted by molar-refractivity contribution is 0.164. The summed E-state index contributed by atoms with van der Waals surface area (Å²) >= 11 is 1.80. The highest BCUT2D eigenvalue weighted by Gasteiger charge is 2.20. The number of thiazole rings is 1. The normalized spacial score (nSPS) is 21.3. The molecule has 0 amide bonds. The van der Waals surface area contributed by atoms with Gasteiger partial charge in [-0.05, 0) is 44.8 Å². The number of piperidine rings is 1. The molecule has 4 heteroatoms. The lowest BCUT2D eigenvalue weighted by atomic mass is 9.98. The van der Waals surface area contributed by atoms with E-state index in [0.29, 0.717) is 0 Å². The van der Waals surface area contributed by atoms with Crippen molar-refractivity contribution in [3.63, 3.8) is 0 Å². The molecule has 0 aromatic carbocycles. The zero-order valence-corrected chi connectivity index (χ0v) is 12.4. The van der Waals surface area contributed by atoms with Crippen LogP contribution in [0.15, 0.2) is 5.38 Å². The fourth-order valence-corrected chi connectivity index (χ4v) is 3.36. The van der Waals surface area contributed by atoms with E-state index in [1.165, 1.54) is 43.2 Å². The van der Waals surface area contributed by atoms with Crippen LogP contribution in [-0.4, -0.2) is 36.1 Å². The van der Waals surface area contributed by atoms with E-state index in [2.05, 4.69) is 34.4 Å². The Morgan fingerprint density at radius 2 is 2.39 bits per heavy atom. The summed E-state index contributed by atoms with van der Waals surface area (Å²) in [5.41, 5.74) is 1.26. The molecule has 0 bridgehead atoms. The predicted molar refractivity (Wildman–Crippen MR) is 78.0 cm³/mol. The summed E-state index contributed by atoms with van der Waals surface area (Å²) in [5, 5.41) is 6.97. The van der Waals surface area contributed by atoms with Crippen LogP contribution in [-0.2, 0) is 13.0 Å². The topological polar surface area (TPSA) is 28.2 Å². The third kappa shape index (κ3) is 4.04. The first-order valence-electron chi connectivity index (χ1n) is 7.18. The predicted octanol–water partition coefficient (Wildman–Crippen LogP) is 2.53. The van der Waals surface area contributed by atoms with Crippen molar-refractivity contribution >= 4 is 11.3 Å². The highest BCUT2D eigenvalue weighted by molar-refractivity contribution is 7.09. The van der Waals surface area contributed by atoms with Crippen molar-refractivity contribution in [3.8, 4) is 0 Å². The van der Waals surface area contributed by atoms with Gasteiger partial charge in [-0.25, -0.2) is 4.98 Å². The Bertz CT molecular complexity index is 351. The molecule has 1 fully saturated rings. The molecule has 2 rings (SSSR count). The lowest BCUT2D eigenvalue weighted by Crippen LogP contribution is -2.39. The molecule has 102 valence electrons. The quantitative estimate of drug-likeness (QED) is 0.858. The van der Waals surface area contributed by atoms with E-state index in [-0.39, 0.29) is 0 Å². The van der Waals surface area contributed by atoms with Crippen molar-refractivity contribution in [1.82, 2.24) is 15.2 Å². The molecule has 0 radical (unpaired) electrons. The first kappa shape index (κ1) is 14.0. The SMILES string of the molecule is CCNCC1CCCN(Cc2csc(CC)n2)C1. The molecular formula is C14H25N3S. The second-order valence-corrected chi connectivity index (χ2v) is 6.08. The molecule has 1 saturated heterocycles. The Balaban J connectivity index is 1.81. The van der Waals surface area contributed by atoms with Gasteiger partial charge in [0, 0.05) is 18.5 Å². The molecular weight excluding hydrogens is 242 g/mol. The smallest absolute Gasteiger partial charge is 0.0926 e. The summed E-state index contributed by atoms with van der Waals surface area (Å²) in [5.74, 6) is 0.822. The van der Waals surface area contributed by atoms with Gasteiger partial charge in [-0.3, -0.25) is 4.90 Å². The fraction of sp³-hybridized carbons (Fsp3) is 0.786. The van der Waals surface area contributed by atoms with Crippen molar-refractivity contribution in [2.75, 3.05) is 26.2 Å². The Hall–Kier alpha value is -0.450. The molecule has 0 saturated carbocycles. The lowest BCUT2D eigenvalue weighted by Gasteiger charge is -2.32. The standard InChI is InChI=1S/C14H25N3S/c1-3-14-16-13(11-18-14)10-17-7-5-6-12(9-17)8-15-4-2/h11-12,15H,3-10H2,1-2H3. The second-order valence-electron chi connectivity index (χ2n) is 5.14. The van der Waals surface area contributed by atoms with Crippen molar-refractivity contribution in [2.24, 2.45) is 5.92 Å². The minimum Gasteiger partial charge on any atom is -0.317 e. The van der Waals surface area contributed by atoms with E-state index >= 15 is 0 Å². The van der Waals surface area contributed by atoms with Crippen LogP contribution >= 0.6 is 11.3 Å². The minimum absolute atomic E-state index is 0.822. The fourth-order valence-electron chi connectivity index (χ4n) is 2.62. The number of hydrogen-bond donors (Lipinski definition) is 1. The van der Waals surface area contributed by atoms with Crippen molar-refractivity contribution in [1.29, 1.82) is 0 Å². The number of likely N-dealkylation sites (tertiary alicyclic amines) is 1. The number of hydrogen-bond acceptors (Lipinski definition) is 4. The molecule has 1 unspecified atom stereocenters. The van der Waals surface area contributed by atoms with Gasteiger partial charge in [0.05, 0.1) is 10.7 Å². The number of aromatic nitrogens is 1. The van der Waals surface area contributed by atoms with Crippen molar-refractivity contribution < 1.29 is 0 Å². The molecule has 1 atom stereocenters. The number of rotatable bonds is 6. The highest BCUT2D eigenvalue weighted by atomic mass is 32.1. The van der Waals surface area contributed by atoms with Crippen LogP contribution in [0.5, 0.6) is 0 Å². The molecule has 1 aromatic heterocycles. The maximum Gasteiger partial charge on any atom is 0.0926 e. The van der Waals surface area contributed by atoms with Gasteiger partial charge in [0.25, 0.3) is 0 Å². The Morgan fingerprint density at radius 1 is 1.50 bits per heavy atom. The van der Waals surface area contributed by atoms with Crippen LogP contribution in [0.4, 0.5) is 0 Å². The molecule has 18 heavy (non-hydrogen) atoms. The maximum atomic E-state index is 4.67.